The van der Waals surface area contributed by atoms with Crippen molar-refractivity contribution in [1.29, 1.82) is 0 Å². The molecule has 4 nitrogen and oxygen atoms in total. The van der Waals surface area contributed by atoms with Crippen LogP contribution < -0.4 is 10.2 Å². The number of carbonyl (C=O) groups is 1. The highest BCUT2D eigenvalue weighted by Crippen LogP contribution is 2.16. The Bertz CT molecular complexity index is 960. The van der Waals surface area contributed by atoms with Gasteiger partial charge in [0.25, 0.3) is 5.91 Å². The highest BCUT2D eigenvalue weighted by Gasteiger charge is 2.06. The van der Waals surface area contributed by atoms with E-state index in [1.165, 1.54) is 5.39 Å². The molecule has 0 aliphatic rings. The van der Waals surface area contributed by atoms with Gasteiger partial charge in [-0.15, -0.1) is 0 Å². The maximum absolute atomic E-state index is 12.3. The summed E-state index contributed by atoms with van der Waals surface area (Å²) in [4.78, 5) is 12.3. The summed E-state index contributed by atoms with van der Waals surface area (Å²) < 4.78 is 5.63. The van der Waals surface area contributed by atoms with Gasteiger partial charge >= 0.3 is 0 Å². The molecule has 3 aromatic carbocycles. The topological polar surface area (TPSA) is 50.7 Å². The van der Waals surface area contributed by atoms with Crippen LogP contribution >= 0.6 is 0 Å². The van der Waals surface area contributed by atoms with Gasteiger partial charge in [-0.2, -0.15) is 5.10 Å². The molecule has 1 N–H and O–H groups in total. The number of carbonyl (C=O) groups excluding carboxylic acids is 1. The lowest BCUT2D eigenvalue weighted by atomic mass is 10.0. The van der Waals surface area contributed by atoms with Crippen LogP contribution in [0, 0.1) is 5.92 Å². The normalized spacial score (nSPS) is 11.6. The summed E-state index contributed by atoms with van der Waals surface area (Å²) in [5.41, 5.74) is 4.90. The van der Waals surface area contributed by atoms with E-state index in [0.29, 0.717) is 18.1 Å². The molecule has 0 aliphatic carbocycles. The number of nitrogens with zero attached hydrogens (tertiary/aromatic N) is 1. The number of hydrogen-bond donors (Lipinski definition) is 1. The van der Waals surface area contributed by atoms with Crippen molar-refractivity contribution < 1.29 is 9.53 Å². The number of amides is 1. The third-order valence-corrected chi connectivity index (χ3v) is 4.19. The van der Waals surface area contributed by atoms with Crippen LogP contribution in [-0.2, 0) is 0 Å². The monoisotopic (exact) mass is 360 g/mol. The molecule has 4 heteroatoms. The molecule has 0 radical (unpaired) electrons. The van der Waals surface area contributed by atoms with Crippen molar-refractivity contribution in [3.63, 3.8) is 0 Å². The second kappa shape index (κ2) is 8.49. The van der Waals surface area contributed by atoms with Gasteiger partial charge in [0, 0.05) is 5.56 Å². The third-order valence-electron chi connectivity index (χ3n) is 4.19. The summed E-state index contributed by atoms with van der Waals surface area (Å²) in [7, 11) is 0. The van der Waals surface area contributed by atoms with E-state index in [2.05, 4.69) is 48.6 Å². The predicted molar refractivity (Wildman–Crippen MR) is 110 cm³/mol. The van der Waals surface area contributed by atoms with Gasteiger partial charge in [0.05, 0.1) is 12.3 Å². The zero-order chi connectivity index (χ0) is 19.2. The molecule has 138 valence electrons. The van der Waals surface area contributed by atoms with Gasteiger partial charge in [0.2, 0.25) is 0 Å². The number of ether oxygens (including phenoxy) is 1. The SMILES string of the molecule is CC(=NNC(=O)c1ccc(OCC(C)C)cc1)c1ccc2ccccc2c1. The van der Waals surface area contributed by atoms with Crippen LogP contribution in [-0.4, -0.2) is 18.2 Å². The minimum Gasteiger partial charge on any atom is -0.493 e. The van der Waals surface area contributed by atoms with Crippen LogP contribution in [0.1, 0.15) is 36.7 Å². The van der Waals surface area contributed by atoms with Crippen molar-refractivity contribution in [2.24, 2.45) is 11.0 Å². The van der Waals surface area contributed by atoms with E-state index in [-0.39, 0.29) is 5.91 Å². The first-order valence-corrected chi connectivity index (χ1v) is 9.09. The Morgan fingerprint density at radius 1 is 0.963 bits per heavy atom. The van der Waals surface area contributed by atoms with Crippen molar-refractivity contribution >= 4 is 22.4 Å². The Morgan fingerprint density at radius 2 is 1.63 bits per heavy atom. The fourth-order valence-electron chi connectivity index (χ4n) is 2.64. The molecular weight excluding hydrogens is 336 g/mol. The van der Waals surface area contributed by atoms with Gasteiger partial charge in [-0.3, -0.25) is 4.79 Å². The third kappa shape index (κ3) is 4.94. The highest BCUT2D eigenvalue weighted by molar-refractivity contribution is 6.03. The minimum absolute atomic E-state index is 0.245. The quantitative estimate of drug-likeness (QED) is 0.495. The van der Waals surface area contributed by atoms with Crippen molar-refractivity contribution in [3.8, 4) is 5.75 Å². The number of rotatable bonds is 6. The van der Waals surface area contributed by atoms with E-state index >= 15 is 0 Å². The molecule has 3 rings (SSSR count). The van der Waals surface area contributed by atoms with Crippen LogP contribution in [0.15, 0.2) is 71.8 Å². The molecule has 0 saturated carbocycles. The van der Waals surface area contributed by atoms with E-state index in [0.717, 1.165) is 22.4 Å². The van der Waals surface area contributed by atoms with Crippen LogP contribution in [0.3, 0.4) is 0 Å². The Morgan fingerprint density at radius 3 is 2.33 bits per heavy atom. The fourth-order valence-corrected chi connectivity index (χ4v) is 2.64. The average molecular weight is 360 g/mol. The lowest BCUT2D eigenvalue weighted by Crippen LogP contribution is -2.19. The van der Waals surface area contributed by atoms with Crippen molar-refractivity contribution in [2.75, 3.05) is 6.61 Å². The molecule has 1 amide bonds. The molecule has 0 saturated heterocycles. The summed E-state index contributed by atoms with van der Waals surface area (Å²) >= 11 is 0. The first-order chi connectivity index (χ1) is 13.0. The second-order valence-corrected chi connectivity index (χ2v) is 6.93. The maximum atomic E-state index is 12.3. The molecule has 0 bridgehead atoms. The minimum atomic E-state index is -0.245. The molecule has 3 aromatic rings. The Kier molecular flexibility index (Phi) is 5.87. The van der Waals surface area contributed by atoms with E-state index < -0.39 is 0 Å². The van der Waals surface area contributed by atoms with Crippen LogP contribution in [0.2, 0.25) is 0 Å². The summed E-state index contributed by atoms with van der Waals surface area (Å²) in [6.07, 6.45) is 0. The zero-order valence-electron chi connectivity index (χ0n) is 15.9. The van der Waals surface area contributed by atoms with Crippen molar-refractivity contribution in [3.05, 3.63) is 77.9 Å². The molecule has 0 unspecified atom stereocenters. The summed E-state index contributed by atoms with van der Waals surface area (Å²) in [6, 6.07) is 21.4. The molecule has 0 fully saturated rings. The Labute approximate surface area is 159 Å². The van der Waals surface area contributed by atoms with E-state index in [9.17, 15) is 4.79 Å². The largest absolute Gasteiger partial charge is 0.493 e. The summed E-state index contributed by atoms with van der Waals surface area (Å²) in [5.74, 6) is 0.974. The number of benzene rings is 3. The van der Waals surface area contributed by atoms with Gasteiger partial charge in [-0.1, -0.05) is 50.2 Å². The molecule has 0 atom stereocenters. The summed E-state index contributed by atoms with van der Waals surface area (Å²) in [5, 5.41) is 6.57. The molecule has 0 aromatic heterocycles. The maximum Gasteiger partial charge on any atom is 0.271 e. The fraction of sp³-hybridized carbons (Fsp3) is 0.217. The van der Waals surface area contributed by atoms with Gasteiger partial charge < -0.3 is 4.74 Å². The van der Waals surface area contributed by atoms with Gasteiger partial charge in [0.1, 0.15) is 5.75 Å². The van der Waals surface area contributed by atoms with Crippen LogP contribution in [0.5, 0.6) is 5.75 Å². The van der Waals surface area contributed by atoms with E-state index in [1.54, 1.807) is 24.3 Å². The molecule has 0 heterocycles. The molecule has 27 heavy (non-hydrogen) atoms. The smallest absolute Gasteiger partial charge is 0.271 e. The van der Waals surface area contributed by atoms with Gasteiger partial charge in [-0.25, -0.2) is 5.43 Å². The Balaban J connectivity index is 1.65. The number of hydrogen-bond acceptors (Lipinski definition) is 3. The van der Waals surface area contributed by atoms with Gasteiger partial charge in [-0.05, 0) is 59.5 Å². The standard InChI is InChI=1S/C23H24N2O2/c1-16(2)15-27-22-12-10-19(11-13-22)23(26)25-24-17(3)20-9-8-18-6-4-5-7-21(18)14-20/h4-14,16H,15H2,1-3H3,(H,25,26). The first kappa shape index (κ1) is 18.6. The van der Waals surface area contributed by atoms with Crippen LogP contribution in [0.4, 0.5) is 0 Å². The Hall–Kier alpha value is -3.14. The number of nitrogens with one attached hydrogen (secondary N) is 1. The lowest BCUT2D eigenvalue weighted by Gasteiger charge is -2.09. The first-order valence-electron chi connectivity index (χ1n) is 9.09. The predicted octanol–water partition coefficient (Wildman–Crippen LogP) is 5.03. The molecule has 0 spiro atoms. The van der Waals surface area contributed by atoms with Crippen molar-refractivity contribution in [2.45, 2.75) is 20.8 Å². The van der Waals surface area contributed by atoms with Gasteiger partial charge in [0.15, 0.2) is 0 Å². The number of hydrazone groups is 1. The van der Waals surface area contributed by atoms with Crippen molar-refractivity contribution in [1.82, 2.24) is 5.43 Å². The van der Waals surface area contributed by atoms with E-state index in [4.69, 9.17) is 4.74 Å². The average Bonchev–Trinajstić information content (AvgIpc) is 2.70. The van der Waals surface area contributed by atoms with E-state index in [1.807, 2.05) is 25.1 Å². The highest BCUT2D eigenvalue weighted by atomic mass is 16.5. The molecular formula is C23H24N2O2. The number of fused-ring (bicyclic) bond motifs is 1. The zero-order valence-corrected chi connectivity index (χ0v) is 15.9. The second-order valence-electron chi connectivity index (χ2n) is 6.93. The lowest BCUT2D eigenvalue weighted by molar-refractivity contribution is 0.0955. The van der Waals surface area contributed by atoms with Crippen LogP contribution in [0.25, 0.3) is 10.8 Å². The molecule has 0 aliphatic heterocycles. The summed E-state index contributed by atoms with van der Waals surface area (Å²) in [6.45, 7) is 6.73.